The molecule has 0 bridgehead atoms. The summed E-state index contributed by atoms with van der Waals surface area (Å²) in [6, 6.07) is 8.35. The Kier molecular flexibility index (Phi) is 5.50. The third-order valence-corrected chi connectivity index (χ3v) is 4.75. The van der Waals surface area contributed by atoms with Crippen molar-refractivity contribution in [1.29, 1.82) is 0 Å². The number of hydrogen-bond acceptors (Lipinski definition) is 5. The molecule has 1 atom stereocenters. The van der Waals surface area contributed by atoms with Crippen molar-refractivity contribution >= 4 is 5.91 Å². The highest BCUT2D eigenvalue weighted by Gasteiger charge is 2.26. The number of amides is 1. The number of carbonyl (C=O) groups excluding carboxylic acids is 1. The zero-order chi connectivity index (χ0) is 17.8. The molecule has 1 aromatic carbocycles. The quantitative estimate of drug-likeness (QED) is 0.871. The van der Waals surface area contributed by atoms with Crippen LogP contribution in [0.1, 0.15) is 34.0 Å². The third-order valence-electron chi connectivity index (χ3n) is 4.75. The molecule has 1 aliphatic heterocycles. The van der Waals surface area contributed by atoms with E-state index in [4.69, 9.17) is 4.42 Å². The van der Waals surface area contributed by atoms with Crippen molar-refractivity contribution in [3.8, 4) is 0 Å². The highest BCUT2D eigenvalue weighted by Crippen LogP contribution is 2.19. The molecule has 2 aromatic rings. The highest BCUT2D eigenvalue weighted by molar-refractivity contribution is 5.94. The molecular weight excluding hydrogens is 316 g/mol. The van der Waals surface area contributed by atoms with Crippen molar-refractivity contribution in [2.75, 3.05) is 27.2 Å². The number of oxazole rings is 1. The number of hydrogen-bond donors (Lipinski definition) is 1. The molecule has 3 rings (SSSR count). The Morgan fingerprint density at radius 3 is 3.04 bits per heavy atom. The maximum absolute atomic E-state index is 11.8. The van der Waals surface area contributed by atoms with E-state index in [9.17, 15) is 4.79 Å². The van der Waals surface area contributed by atoms with Crippen molar-refractivity contribution in [3.63, 3.8) is 0 Å². The van der Waals surface area contributed by atoms with Gasteiger partial charge < -0.3 is 9.73 Å². The van der Waals surface area contributed by atoms with Crippen LogP contribution in [0.3, 0.4) is 0 Å². The minimum Gasteiger partial charge on any atom is -0.445 e. The number of rotatable bonds is 6. The van der Waals surface area contributed by atoms with E-state index >= 15 is 0 Å². The Labute approximate surface area is 148 Å². The Bertz CT molecular complexity index is 728. The molecule has 0 spiro atoms. The average molecular weight is 342 g/mol. The number of nitrogens with zero attached hydrogens (tertiary/aromatic N) is 3. The topological polar surface area (TPSA) is 61.6 Å². The van der Waals surface area contributed by atoms with Crippen molar-refractivity contribution in [2.24, 2.45) is 0 Å². The first-order valence-electron chi connectivity index (χ1n) is 8.70. The van der Waals surface area contributed by atoms with Gasteiger partial charge in [0.15, 0.2) is 0 Å². The molecule has 6 heteroatoms. The highest BCUT2D eigenvalue weighted by atomic mass is 16.4. The first-order chi connectivity index (χ1) is 12.0. The summed E-state index contributed by atoms with van der Waals surface area (Å²) in [7, 11) is 3.78. The van der Waals surface area contributed by atoms with E-state index in [1.807, 2.05) is 25.1 Å². The van der Waals surface area contributed by atoms with E-state index in [1.165, 1.54) is 5.56 Å². The van der Waals surface area contributed by atoms with Crippen molar-refractivity contribution in [3.05, 3.63) is 53.2 Å². The van der Waals surface area contributed by atoms with Gasteiger partial charge >= 0.3 is 0 Å². The fourth-order valence-electron chi connectivity index (χ4n) is 3.35. The Morgan fingerprint density at radius 2 is 2.32 bits per heavy atom. The lowest BCUT2D eigenvalue weighted by Crippen LogP contribution is -2.34. The van der Waals surface area contributed by atoms with E-state index in [0.717, 1.165) is 44.3 Å². The SMILES string of the molecule is CNC(=O)c1cccc(CN2CC[C@@H](N(C)Cc3ncc(C)o3)C2)c1. The number of likely N-dealkylation sites (N-methyl/N-ethyl adjacent to an activating group) is 1. The van der Waals surface area contributed by atoms with Crippen LogP contribution in [-0.2, 0) is 13.1 Å². The number of likely N-dealkylation sites (tertiary alicyclic amines) is 1. The monoisotopic (exact) mass is 342 g/mol. The Morgan fingerprint density at radius 1 is 1.48 bits per heavy atom. The Hall–Kier alpha value is -2.18. The summed E-state index contributed by atoms with van der Waals surface area (Å²) in [4.78, 5) is 20.8. The number of aryl methyl sites for hydroxylation is 1. The molecule has 1 N–H and O–H groups in total. The number of benzene rings is 1. The Balaban J connectivity index is 1.55. The molecule has 25 heavy (non-hydrogen) atoms. The summed E-state index contributed by atoms with van der Waals surface area (Å²) in [5, 5.41) is 2.67. The fourth-order valence-corrected chi connectivity index (χ4v) is 3.35. The van der Waals surface area contributed by atoms with E-state index < -0.39 is 0 Å². The lowest BCUT2D eigenvalue weighted by atomic mass is 10.1. The van der Waals surface area contributed by atoms with Gasteiger partial charge in [-0.2, -0.15) is 0 Å². The minimum atomic E-state index is -0.0397. The van der Waals surface area contributed by atoms with Gasteiger partial charge in [0.2, 0.25) is 5.89 Å². The molecule has 0 unspecified atom stereocenters. The number of aromatic nitrogens is 1. The normalized spacial score (nSPS) is 18.0. The van der Waals surface area contributed by atoms with Crippen LogP contribution in [0.5, 0.6) is 0 Å². The van der Waals surface area contributed by atoms with Crippen molar-refractivity contribution < 1.29 is 9.21 Å². The molecule has 2 heterocycles. The fraction of sp³-hybridized carbons (Fsp3) is 0.474. The molecule has 1 fully saturated rings. The van der Waals surface area contributed by atoms with E-state index in [2.05, 4.69) is 33.2 Å². The van der Waals surface area contributed by atoms with Crippen LogP contribution in [-0.4, -0.2) is 53.9 Å². The first-order valence-corrected chi connectivity index (χ1v) is 8.70. The minimum absolute atomic E-state index is 0.0397. The van der Waals surface area contributed by atoms with Crippen LogP contribution in [0, 0.1) is 6.92 Å². The molecule has 134 valence electrons. The van der Waals surface area contributed by atoms with Gasteiger partial charge in [0.05, 0.1) is 12.7 Å². The largest absolute Gasteiger partial charge is 0.445 e. The second-order valence-electron chi connectivity index (χ2n) is 6.74. The second-order valence-corrected chi connectivity index (χ2v) is 6.74. The number of carbonyl (C=O) groups is 1. The van der Waals surface area contributed by atoms with Crippen LogP contribution in [0.4, 0.5) is 0 Å². The maximum Gasteiger partial charge on any atom is 0.251 e. The molecule has 1 amide bonds. The zero-order valence-electron chi connectivity index (χ0n) is 15.2. The molecule has 0 radical (unpaired) electrons. The summed E-state index contributed by atoms with van der Waals surface area (Å²) >= 11 is 0. The van der Waals surface area contributed by atoms with E-state index in [1.54, 1.807) is 13.2 Å². The van der Waals surface area contributed by atoms with Crippen LogP contribution in [0.25, 0.3) is 0 Å². The lowest BCUT2D eigenvalue weighted by Gasteiger charge is -2.23. The second kappa shape index (κ2) is 7.80. The zero-order valence-corrected chi connectivity index (χ0v) is 15.2. The molecular formula is C19H26N4O2. The maximum atomic E-state index is 11.8. The van der Waals surface area contributed by atoms with Crippen LogP contribution < -0.4 is 5.32 Å². The van der Waals surface area contributed by atoms with E-state index in [0.29, 0.717) is 11.6 Å². The standard InChI is InChI=1S/C19H26N4O2/c1-14-10-21-18(25-14)13-22(3)17-7-8-23(12-17)11-15-5-4-6-16(9-15)19(24)20-2/h4-6,9-10,17H,7-8,11-13H2,1-3H3,(H,20,24)/t17-/m1/s1. The van der Waals surface area contributed by atoms with Gasteiger partial charge in [0.25, 0.3) is 5.91 Å². The molecule has 6 nitrogen and oxygen atoms in total. The number of nitrogens with one attached hydrogen (secondary N) is 1. The summed E-state index contributed by atoms with van der Waals surface area (Å²) in [5.74, 6) is 1.59. The van der Waals surface area contributed by atoms with E-state index in [-0.39, 0.29) is 5.91 Å². The summed E-state index contributed by atoms with van der Waals surface area (Å²) in [6.07, 6.45) is 2.90. The first kappa shape index (κ1) is 17.6. The smallest absolute Gasteiger partial charge is 0.251 e. The van der Waals surface area contributed by atoms with Gasteiger partial charge in [0.1, 0.15) is 5.76 Å². The summed E-state index contributed by atoms with van der Waals surface area (Å²) in [5.41, 5.74) is 1.89. The molecule has 0 saturated carbocycles. The van der Waals surface area contributed by atoms with Crippen molar-refractivity contribution in [1.82, 2.24) is 20.1 Å². The van der Waals surface area contributed by atoms with Crippen LogP contribution in [0.2, 0.25) is 0 Å². The molecule has 1 aliphatic rings. The predicted molar refractivity (Wildman–Crippen MR) is 96.2 cm³/mol. The third kappa shape index (κ3) is 4.46. The van der Waals surface area contributed by atoms with Crippen molar-refractivity contribution in [2.45, 2.75) is 32.5 Å². The van der Waals surface area contributed by atoms with Gasteiger partial charge in [-0.15, -0.1) is 0 Å². The summed E-state index contributed by atoms with van der Waals surface area (Å²) < 4.78 is 5.58. The van der Waals surface area contributed by atoms with Gasteiger partial charge in [-0.1, -0.05) is 12.1 Å². The average Bonchev–Trinajstić information content (AvgIpc) is 3.23. The predicted octanol–water partition coefficient (Wildman–Crippen LogP) is 2.05. The van der Waals surface area contributed by atoms with Gasteiger partial charge in [0, 0.05) is 38.3 Å². The summed E-state index contributed by atoms with van der Waals surface area (Å²) in [6.45, 7) is 5.59. The molecule has 1 saturated heterocycles. The lowest BCUT2D eigenvalue weighted by molar-refractivity contribution is 0.0963. The van der Waals surface area contributed by atoms with Gasteiger partial charge in [-0.3, -0.25) is 14.6 Å². The van der Waals surface area contributed by atoms with Gasteiger partial charge in [-0.05, 0) is 38.1 Å². The molecule has 0 aliphatic carbocycles. The van der Waals surface area contributed by atoms with Crippen LogP contribution in [0.15, 0.2) is 34.9 Å². The van der Waals surface area contributed by atoms with Gasteiger partial charge in [-0.25, -0.2) is 4.98 Å². The van der Waals surface area contributed by atoms with Crippen LogP contribution >= 0.6 is 0 Å². The molecule has 1 aromatic heterocycles.